The molecule has 0 amide bonds. The fraction of sp³-hybridized carbons (Fsp3) is 1.00. The van der Waals surface area contributed by atoms with Crippen molar-refractivity contribution in [1.82, 2.24) is 4.90 Å². The Kier molecular flexibility index (Phi) is 3.42. The van der Waals surface area contributed by atoms with Crippen LogP contribution < -0.4 is 0 Å². The SMILES string of the molecule is COC1CN(C2CCCCC2)CC1O. The van der Waals surface area contributed by atoms with Gasteiger partial charge in [-0.15, -0.1) is 0 Å². The van der Waals surface area contributed by atoms with Gasteiger partial charge in [0.05, 0.1) is 12.2 Å². The van der Waals surface area contributed by atoms with Crippen molar-refractivity contribution in [3.05, 3.63) is 0 Å². The summed E-state index contributed by atoms with van der Waals surface area (Å²) in [6.07, 6.45) is 6.48. The Hall–Kier alpha value is -0.120. The third kappa shape index (κ3) is 2.10. The van der Waals surface area contributed by atoms with Crippen molar-refractivity contribution < 1.29 is 9.84 Å². The van der Waals surface area contributed by atoms with Crippen molar-refractivity contribution >= 4 is 0 Å². The number of hydrogen-bond donors (Lipinski definition) is 1. The standard InChI is InChI=1S/C11H21NO2/c1-14-11-8-12(7-10(11)13)9-5-3-2-4-6-9/h9-11,13H,2-8H2,1H3. The molecule has 0 aromatic rings. The van der Waals surface area contributed by atoms with Crippen molar-refractivity contribution in [3.8, 4) is 0 Å². The van der Waals surface area contributed by atoms with Gasteiger partial charge in [0.25, 0.3) is 0 Å². The van der Waals surface area contributed by atoms with Gasteiger partial charge in [-0.2, -0.15) is 0 Å². The van der Waals surface area contributed by atoms with Gasteiger partial charge in [-0.1, -0.05) is 19.3 Å². The number of β-amino-alcohol motifs (C(OH)–C–C–N with tert-alkyl or cyclic N) is 1. The van der Waals surface area contributed by atoms with Gasteiger partial charge in [-0.3, -0.25) is 4.90 Å². The highest BCUT2D eigenvalue weighted by Gasteiger charge is 2.35. The first kappa shape index (κ1) is 10.4. The molecule has 0 radical (unpaired) electrons. The van der Waals surface area contributed by atoms with Gasteiger partial charge in [0, 0.05) is 26.2 Å². The average molecular weight is 199 g/mol. The summed E-state index contributed by atoms with van der Waals surface area (Å²) in [7, 11) is 1.69. The Morgan fingerprint density at radius 3 is 2.43 bits per heavy atom. The van der Waals surface area contributed by atoms with E-state index in [9.17, 15) is 5.11 Å². The molecular weight excluding hydrogens is 178 g/mol. The zero-order chi connectivity index (χ0) is 9.97. The number of nitrogens with zero attached hydrogens (tertiary/aromatic N) is 1. The molecule has 1 saturated heterocycles. The van der Waals surface area contributed by atoms with Crippen molar-refractivity contribution in [2.75, 3.05) is 20.2 Å². The van der Waals surface area contributed by atoms with Gasteiger partial charge < -0.3 is 9.84 Å². The van der Waals surface area contributed by atoms with Crippen LogP contribution in [0.1, 0.15) is 32.1 Å². The van der Waals surface area contributed by atoms with Gasteiger partial charge in [0.2, 0.25) is 0 Å². The zero-order valence-corrected chi connectivity index (χ0v) is 8.98. The van der Waals surface area contributed by atoms with E-state index in [-0.39, 0.29) is 12.2 Å². The normalized spacial score (nSPS) is 36.4. The fourth-order valence-corrected chi connectivity index (χ4v) is 2.76. The van der Waals surface area contributed by atoms with Crippen LogP contribution in [-0.2, 0) is 4.74 Å². The number of aliphatic hydroxyl groups is 1. The zero-order valence-electron chi connectivity index (χ0n) is 8.98. The second-order valence-corrected chi connectivity index (χ2v) is 4.59. The Balaban J connectivity index is 1.86. The molecule has 1 heterocycles. The van der Waals surface area contributed by atoms with E-state index in [0.29, 0.717) is 6.04 Å². The van der Waals surface area contributed by atoms with Crippen LogP contribution in [0.25, 0.3) is 0 Å². The van der Waals surface area contributed by atoms with E-state index in [2.05, 4.69) is 4.90 Å². The predicted octanol–water partition coefficient (Wildman–Crippen LogP) is 1.01. The molecule has 2 rings (SSSR count). The Bertz CT molecular complexity index is 180. The van der Waals surface area contributed by atoms with Crippen LogP contribution in [0.2, 0.25) is 0 Å². The maximum Gasteiger partial charge on any atom is 0.0969 e. The van der Waals surface area contributed by atoms with Gasteiger partial charge in [-0.05, 0) is 12.8 Å². The second kappa shape index (κ2) is 4.60. The smallest absolute Gasteiger partial charge is 0.0969 e. The van der Waals surface area contributed by atoms with Crippen LogP contribution in [0.15, 0.2) is 0 Å². The number of methoxy groups -OCH3 is 1. The lowest BCUT2D eigenvalue weighted by Gasteiger charge is -2.30. The molecule has 0 aromatic heterocycles. The lowest BCUT2D eigenvalue weighted by molar-refractivity contribution is 0.0213. The molecule has 0 bridgehead atoms. The molecule has 0 spiro atoms. The minimum Gasteiger partial charge on any atom is -0.389 e. The summed E-state index contributed by atoms with van der Waals surface area (Å²) in [5.41, 5.74) is 0. The van der Waals surface area contributed by atoms with Crippen LogP contribution in [-0.4, -0.2) is 48.5 Å². The number of rotatable bonds is 2. The number of aliphatic hydroxyl groups excluding tert-OH is 1. The lowest BCUT2D eigenvalue weighted by Crippen LogP contribution is -2.35. The predicted molar refractivity (Wildman–Crippen MR) is 55.2 cm³/mol. The maximum absolute atomic E-state index is 9.72. The highest BCUT2D eigenvalue weighted by Crippen LogP contribution is 2.26. The number of likely N-dealkylation sites (tertiary alicyclic amines) is 1. The van der Waals surface area contributed by atoms with Gasteiger partial charge in [0.1, 0.15) is 0 Å². The summed E-state index contributed by atoms with van der Waals surface area (Å²) in [4.78, 5) is 2.41. The minimum absolute atomic E-state index is 0.0388. The molecule has 82 valence electrons. The van der Waals surface area contributed by atoms with Crippen molar-refractivity contribution in [1.29, 1.82) is 0 Å². The highest BCUT2D eigenvalue weighted by atomic mass is 16.5. The van der Waals surface area contributed by atoms with Crippen LogP contribution in [0.4, 0.5) is 0 Å². The largest absolute Gasteiger partial charge is 0.389 e. The number of ether oxygens (including phenoxy) is 1. The number of hydrogen-bond acceptors (Lipinski definition) is 3. The Morgan fingerprint density at radius 1 is 1.14 bits per heavy atom. The molecule has 0 aromatic carbocycles. The molecule has 1 aliphatic carbocycles. The molecule has 1 aliphatic heterocycles. The van der Waals surface area contributed by atoms with Crippen LogP contribution in [0.3, 0.4) is 0 Å². The summed E-state index contributed by atoms with van der Waals surface area (Å²) in [6, 6.07) is 0.707. The molecular formula is C11H21NO2. The third-order valence-corrected chi connectivity index (χ3v) is 3.66. The monoisotopic (exact) mass is 199 g/mol. The van der Waals surface area contributed by atoms with E-state index < -0.39 is 0 Å². The van der Waals surface area contributed by atoms with E-state index >= 15 is 0 Å². The third-order valence-electron chi connectivity index (χ3n) is 3.66. The quantitative estimate of drug-likeness (QED) is 0.720. The molecule has 2 atom stereocenters. The van der Waals surface area contributed by atoms with Gasteiger partial charge in [-0.25, -0.2) is 0 Å². The molecule has 2 unspecified atom stereocenters. The molecule has 2 aliphatic rings. The van der Waals surface area contributed by atoms with E-state index in [1.165, 1.54) is 32.1 Å². The van der Waals surface area contributed by atoms with Crippen molar-refractivity contribution in [2.24, 2.45) is 0 Å². The lowest BCUT2D eigenvalue weighted by atomic mass is 9.94. The van der Waals surface area contributed by atoms with E-state index in [4.69, 9.17) is 4.74 Å². The summed E-state index contributed by atoms with van der Waals surface area (Å²) in [5, 5.41) is 9.72. The van der Waals surface area contributed by atoms with Crippen molar-refractivity contribution in [2.45, 2.75) is 50.4 Å². The summed E-state index contributed by atoms with van der Waals surface area (Å²) < 4.78 is 5.25. The molecule has 3 heteroatoms. The first-order chi connectivity index (χ1) is 6.81. The molecule has 1 N–H and O–H groups in total. The Morgan fingerprint density at radius 2 is 1.86 bits per heavy atom. The highest BCUT2D eigenvalue weighted by molar-refractivity contribution is 4.89. The molecule has 3 nitrogen and oxygen atoms in total. The summed E-state index contributed by atoms with van der Waals surface area (Å²) in [6.45, 7) is 1.73. The summed E-state index contributed by atoms with van der Waals surface area (Å²) in [5.74, 6) is 0. The van der Waals surface area contributed by atoms with Crippen molar-refractivity contribution in [3.63, 3.8) is 0 Å². The van der Waals surface area contributed by atoms with E-state index in [1.54, 1.807) is 7.11 Å². The van der Waals surface area contributed by atoms with E-state index in [1.807, 2.05) is 0 Å². The molecule has 1 saturated carbocycles. The average Bonchev–Trinajstić information content (AvgIpc) is 2.61. The molecule has 14 heavy (non-hydrogen) atoms. The Labute approximate surface area is 86.0 Å². The fourth-order valence-electron chi connectivity index (χ4n) is 2.76. The van der Waals surface area contributed by atoms with Crippen LogP contribution in [0, 0.1) is 0 Å². The first-order valence-corrected chi connectivity index (χ1v) is 5.76. The van der Waals surface area contributed by atoms with E-state index in [0.717, 1.165) is 13.1 Å². The van der Waals surface area contributed by atoms with Gasteiger partial charge >= 0.3 is 0 Å². The molecule has 2 fully saturated rings. The van der Waals surface area contributed by atoms with Crippen LogP contribution >= 0.6 is 0 Å². The first-order valence-electron chi connectivity index (χ1n) is 5.76. The minimum atomic E-state index is -0.276. The maximum atomic E-state index is 9.72. The second-order valence-electron chi connectivity index (χ2n) is 4.59. The van der Waals surface area contributed by atoms with Crippen LogP contribution in [0.5, 0.6) is 0 Å². The van der Waals surface area contributed by atoms with Gasteiger partial charge in [0.15, 0.2) is 0 Å². The summed E-state index contributed by atoms with van der Waals surface area (Å²) >= 11 is 0. The topological polar surface area (TPSA) is 32.7 Å².